The second-order valence-corrected chi connectivity index (χ2v) is 2.48. The molecule has 0 saturated carbocycles. The quantitative estimate of drug-likeness (QED) is 0.482. The Kier molecular flexibility index (Phi) is 6.51. The molecule has 0 aliphatic carbocycles. The van der Waals surface area contributed by atoms with E-state index in [-0.39, 0.29) is 0 Å². The summed E-state index contributed by atoms with van der Waals surface area (Å²) in [6, 6.07) is 0. The molecule has 2 N–H and O–H groups in total. The van der Waals surface area contributed by atoms with Crippen LogP contribution in [0.3, 0.4) is 0 Å². The average molecular weight is 153 g/mol. The molecule has 0 aromatic carbocycles. The highest BCUT2D eigenvalue weighted by Crippen LogP contribution is 2.00. The molecule has 2 heteroatoms. The van der Waals surface area contributed by atoms with E-state index in [0.717, 1.165) is 12.8 Å². The minimum Gasteiger partial charge on any atom is -0.359 e. The summed E-state index contributed by atoms with van der Waals surface area (Å²) in [7, 11) is 0. The van der Waals surface area contributed by atoms with Gasteiger partial charge in [-0.05, 0) is 12.3 Å². The summed E-state index contributed by atoms with van der Waals surface area (Å²) in [6.07, 6.45) is 5.54. The molecule has 0 bridgehead atoms. The topological polar surface area (TPSA) is 43.1 Å². The zero-order valence-electron chi connectivity index (χ0n) is 7.02. The Morgan fingerprint density at radius 2 is 2.09 bits per heavy atom. The van der Waals surface area contributed by atoms with Gasteiger partial charge in [0.25, 0.3) is 5.91 Å². The van der Waals surface area contributed by atoms with Crippen LogP contribution in [0.1, 0.15) is 39.0 Å². The van der Waals surface area contributed by atoms with Gasteiger partial charge >= 0.3 is 0 Å². The van der Waals surface area contributed by atoms with E-state index in [9.17, 15) is 4.79 Å². The van der Waals surface area contributed by atoms with Gasteiger partial charge < -0.3 is 5.73 Å². The first-order valence-electron chi connectivity index (χ1n) is 4.05. The van der Waals surface area contributed by atoms with Crippen molar-refractivity contribution in [1.82, 2.24) is 0 Å². The Balaban J connectivity index is 3.15. The summed E-state index contributed by atoms with van der Waals surface area (Å²) < 4.78 is 0. The lowest BCUT2D eigenvalue weighted by Crippen LogP contribution is -2.05. The molecule has 62 valence electrons. The Hall–Kier alpha value is -0.970. The standard InChI is InChI=1S/C9H15NO/c1-2-3-4-5-6-7-8-9(10)11/h2-6H2,1H3,(H2,10,11). The fourth-order valence-electron chi connectivity index (χ4n) is 0.790. The number of primary amides is 1. The van der Waals surface area contributed by atoms with Crippen LogP contribution in [0.4, 0.5) is 0 Å². The number of rotatable bonds is 4. The van der Waals surface area contributed by atoms with Crippen LogP contribution < -0.4 is 5.73 Å². The van der Waals surface area contributed by atoms with Crippen molar-refractivity contribution in [2.75, 3.05) is 0 Å². The summed E-state index contributed by atoms with van der Waals surface area (Å²) in [5.41, 5.74) is 4.82. The van der Waals surface area contributed by atoms with E-state index >= 15 is 0 Å². The number of hydrogen-bond acceptors (Lipinski definition) is 1. The largest absolute Gasteiger partial charge is 0.359 e. The molecular weight excluding hydrogens is 138 g/mol. The lowest BCUT2D eigenvalue weighted by molar-refractivity contribution is -0.112. The minimum atomic E-state index is -0.527. The predicted octanol–water partition coefficient (Wildman–Crippen LogP) is 1.45. The summed E-state index contributed by atoms with van der Waals surface area (Å²) in [4.78, 5) is 10.1. The van der Waals surface area contributed by atoms with Crippen molar-refractivity contribution in [3.63, 3.8) is 0 Å². The predicted molar refractivity (Wildman–Crippen MR) is 45.7 cm³/mol. The van der Waals surface area contributed by atoms with Crippen LogP contribution in [-0.4, -0.2) is 5.91 Å². The molecule has 0 heterocycles. The highest BCUT2D eigenvalue weighted by molar-refractivity contribution is 5.91. The van der Waals surface area contributed by atoms with Crippen LogP contribution in [0.5, 0.6) is 0 Å². The fourth-order valence-corrected chi connectivity index (χ4v) is 0.790. The van der Waals surface area contributed by atoms with Crippen molar-refractivity contribution in [2.45, 2.75) is 39.0 Å². The van der Waals surface area contributed by atoms with E-state index < -0.39 is 5.91 Å². The van der Waals surface area contributed by atoms with Gasteiger partial charge in [0.05, 0.1) is 0 Å². The molecule has 0 spiro atoms. The second-order valence-electron chi connectivity index (χ2n) is 2.48. The lowest BCUT2D eigenvalue weighted by atomic mass is 10.2. The van der Waals surface area contributed by atoms with E-state index in [2.05, 4.69) is 18.8 Å². The van der Waals surface area contributed by atoms with Crippen LogP contribution in [-0.2, 0) is 4.79 Å². The molecule has 0 fully saturated rings. The highest BCUT2D eigenvalue weighted by Gasteiger charge is 1.84. The van der Waals surface area contributed by atoms with Crippen LogP contribution in [0.25, 0.3) is 0 Å². The minimum absolute atomic E-state index is 0.527. The maximum absolute atomic E-state index is 10.1. The zero-order valence-corrected chi connectivity index (χ0v) is 7.02. The maximum Gasteiger partial charge on any atom is 0.293 e. The fraction of sp³-hybridized carbons (Fsp3) is 0.667. The van der Waals surface area contributed by atoms with Crippen LogP contribution in [0, 0.1) is 11.8 Å². The van der Waals surface area contributed by atoms with Gasteiger partial charge in [-0.1, -0.05) is 32.1 Å². The SMILES string of the molecule is CCCCCCC#CC(N)=O. The highest BCUT2D eigenvalue weighted by atomic mass is 16.1. The summed E-state index contributed by atoms with van der Waals surface area (Å²) >= 11 is 0. The molecule has 0 saturated heterocycles. The smallest absolute Gasteiger partial charge is 0.293 e. The molecule has 0 rings (SSSR count). The molecule has 0 radical (unpaired) electrons. The first-order chi connectivity index (χ1) is 5.27. The number of hydrogen-bond donors (Lipinski definition) is 1. The maximum atomic E-state index is 10.1. The van der Waals surface area contributed by atoms with Crippen molar-refractivity contribution in [3.8, 4) is 11.8 Å². The number of carbonyl (C=O) groups excluding carboxylic acids is 1. The average Bonchev–Trinajstić information content (AvgIpc) is 1.96. The molecule has 0 unspecified atom stereocenters. The molecule has 0 atom stereocenters. The third-order valence-corrected chi connectivity index (χ3v) is 1.37. The number of unbranched alkanes of at least 4 members (excludes halogenated alkanes) is 4. The lowest BCUT2D eigenvalue weighted by Gasteiger charge is -1.91. The van der Waals surface area contributed by atoms with Crippen LogP contribution in [0.2, 0.25) is 0 Å². The third-order valence-electron chi connectivity index (χ3n) is 1.37. The van der Waals surface area contributed by atoms with Crippen LogP contribution in [0.15, 0.2) is 0 Å². The van der Waals surface area contributed by atoms with Crippen LogP contribution >= 0.6 is 0 Å². The molecule has 0 aromatic heterocycles. The van der Waals surface area contributed by atoms with Crippen molar-refractivity contribution >= 4 is 5.91 Å². The first-order valence-corrected chi connectivity index (χ1v) is 4.05. The van der Waals surface area contributed by atoms with E-state index in [1.165, 1.54) is 19.3 Å². The van der Waals surface area contributed by atoms with Gasteiger partial charge in [-0.3, -0.25) is 4.79 Å². The Morgan fingerprint density at radius 1 is 1.36 bits per heavy atom. The van der Waals surface area contributed by atoms with E-state index in [1.54, 1.807) is 0 Å². The molecule has 0 aliphatic heterocycles. The molecule has 2 nitrogen and oxygen atoms in total. The zero-order chi connectivity index (χ0) is 8.53. The number of carbonyl (C=O) groups is 1. The molecule has 11 heavy (non-hydrogen) atoms. The van der Waals surface area contributed by atoms with Gasteiger partial charge in [0.1, 0.15) is 0 Å². The monoisotopic (exact) mass is 153 g/mol. The van der Waals surface area contributed by atoms with Crippen molar-refractivity contribution in [1.29, 1.82) is 0 Å². The van der Waals surface area contributed by atoms with Gasteiger partial charge in [-0.25, -0.2) is 0 Å². The van der Waals surface area contributed by atoms with E-state index in [4.69, 9.17) is 5.73 Å². The van der Waals surface area contributed by atoms with Gasteiger partial charge in [0, 0.05) is 6.42 Å². The summed E-state index contributed by atoms with van der Waals surface area (Å²) in [5.74, 6) is 4.50. The normalized spacial score (nSPS) is 8.45. The van der Waals surface area contributed by atoms with Crippen molar-refractivity contribution in [2.24, 2.45) is 5.73 Å². The molecular formula is C9H15NO. The van der Waals surface area contributed by atoms with Gasteiger partial charge in [-0.15, -0.1) is 0 Å². The molecule has 0 aromatic rings. The molecule has 1 amide bonds. The Morgan fingerprint density at radius 3 is 2.64 bits per heavy atom. The first kappa shape index (κ1) is 10.0. The Labute approximate surface area is 68.2 Å². The summed E-state index contributed by atoms with van der Waals surface area (Å²) in [6.45, 7) is 2.16. The van der Waals surface area contributed by atoms with Crippen molar-refractivity contribution < 1.29 is 4.79 Å². The summed E-state index contributed by atoms with van der Waals surface area (Å²) in [5, 5.41) is 0. The number of amides is 1. The van der Waals surface area contributed by atoms with Gasteiger partial charge in [0.2, 0.25) is 0 Å². The van der Waals surface area contributed by atoms with Gasteiger partial charge in [0.15, 0.2) is 0 Å². The second kappa shape index (κ2) is 7.14. The van der Waals surface area contributed by atoms with Gasteiger partial charge in [-0.2, -0.15) is 0 Å². The van der Waals surface area contributed by atoms with Crippen molar-refractivity contribution in [3.05, 3.63) is 0 Å². The third kappa shape index (κ3) is 9.03. The number of nitrogens with two attached hydrogens (primary N) is 1. The van der Waals surface area contributed by atoms with E-state index in [0.29, 0.717) is 0 Å². The molecule has 0 aliphatic rings. The van der Waals surface area contributed by atoms with E-state index in [1.807, 2.05) is 0 Å². The Bertz CT molecular complexity index is 164.